The molecule has 74 valence electrons. The van der Waals surface area contributed by atoms with Crippen LogP contribution in [0.3, 0.4) is 0 Å². The van der Waals surface area contributed by atoms with E-state index in [-0.39, 0.29) is 43.8 Å². The summed E-state index contributed by atoms with van der Waals surface area (Å²) in [6.45, 7) is 1.73. The topological polar surface area (TPSA) is 87.7 Å². The SMILES string of the molecule is O=S(=O)(O)OCCC1NCCN1.[H-].[Na+]. The van der Waals surface area contributed by atoms with Crippen LogP contribution in [0.2, 0.25) is 0 Å². The predicted molar refractivity (Wildman–Crippen MR) is 43.0 cm³/mol. The molecule has 0 aromatic heterocycles. The molecule has 0 saturated carbocycles. The molecule has 3 N–H and O–H groups in total. The molecule has 13 heavy (non-hydrogen) atoms. The van der Waals surface area contributed by atoms with Crippen LogP contribution in [0.25, 0.3) is 0 Å². The minimum Gasteiger partial charge on any atom is -1.00 e. The molecular weight excluding hydrogens is 207 g/mol. The molecule has 0 spiro atoms. The molecule has 1 fully saturated rings. The van der Waals surface area contributed by atoms with Crippen molar-refractivity contribution in [3.63, 3.8) is 0 Å². The molecule has 0 aromatic rings. The standard InChI is InChI=1S/C5H12N2O4S.Na.H/c8-12(9,10)11-4-1-5-6-2-3-7-5;;/h5-7H,1-4H2,(H,8,9,10);;/q;+1;-1. The summed E-state index contributed by atoms with van der Waals surface area (Å²) in [4.78, 5) is 0. The van der Waals surface area contributed by atoms with Crippen molar-refractivity contribution in [2.75, 3.05) is 19.7 Å². The van der Waals surface area contributed by atoms with Crippen molar-refractivity contribution >= 4 is 10.4 Å². The third kappa shape index (κ3) is 6.81. The molecular formula is C5H13N2NaO4S. The zero-order valence-electron chi connectivity index (χ0n) is 8.49. The van der Waals surface area contributed by atoms with Crippen LogP contribution in [0, 0.1) is 0 Å². The third-order valence-electron chi connectivity index (χ3n) is 1.55. The van der Waals surface area contributed by atoms with Gasteiger partial charge >= 0.3 is 40.0 Å². The fourth-order valence-electron chi connectivity index (χ4n) is 1.04. The Morgan fingerprint density at radius 1 is 1.46 bits per heavy atom. The predicted octanol–water partition coefficient (Wildman–Crippen LogP) is -4.17. The molecule has 1 rings (SSSR count). The Labute approximate surface area is 101 Å². The third-order valence-corrected chi connectivity index (χ3v) is 2.01. The van der Waals surface area contributed by atoms with E-state index in [1.165, 1.54) is 0 Å². The van der Waals surface area contributed by atoms with E-state index in [9.17, 15) is 8.42 Å². The normalized spacial score (nSPS) is 18.5. The Morgan fingerprint density at radius 2 is 2.00 bits per heavy atom. The fourth-order valence-corrected chi connectivity index (χ4v) is 1.35. The summed E-state index contributed by atoms with van der Waals surface area (Å²) >= 11 is 0. The second kappa shape index (κ2) is 6.31. The zero-order valence-corrected chi connectivity index (χ0v) is 10.3. The van der Waals surface area contributed by atoms with Crippen LogP contribution in [0.1, 0.15) is 7.85 Å². The van der Waals surface area contributed by atoms with E-state index in [2.05, 4.69) is 14.8 Å². The van der Waals surface area contributed by atoms with Gasteiger partial charge in [0.05, 0.1) is 12.8 Å². The number of rotatable bonds is 4. The number of hydrogen-bond donors (Lipinski definition) is 3. The number of hydrogen-bond acceptors (Lipinski definition) is 5. The summed E-state index contributed by atoms with van der Waals surface area (Å²) in [5.41, 5.74) is 0. The second-order valence-electron chi connectivity index (χ2n) is 2.50. The molecule has 0 amide bonds. The molecule has 1 saturated heterocycles. The summed E-state index contributed by atoms with van der Waals surface area (Å²) in [5.74, 6) is 0. The Hall–Kier alpha value is 0.790. The summed E-state index contributed by atoms with van der Waals surface area (Å²) in [5, 5.41) is 6.15. The van der Waals surface area contributed by atoms with E-state index in [0.717, 1.165) is 13.1 Å². The molecule has 0 unspecified atom stereocenters. The van der Waals surface area contributed by atoms with Gasteiger partial charge in [-0.3, -0.25) is 4.55 Å². The van der Waals surface area contributed by atoms with Gasteiger partial charge in [0.15, 0.2) is 0 Å². The average Bonchev–Trinajstić information content (AvgIpc) is 2.36. The van der Waals surface area contributed by atoms with Gasteiger partial charge in [-0.05, 0) is 0 Å². The fraction of sp³-hybridized carbons (Fsp3) is 1.00. The largest absolute Gasteiger partial charge is 1.00 e. The van der Waals surface area contributed by atoms with Crippen LogP contribution in [0.15, 0.2) is 0 Å². The summed E-state index contributed by atoms with van der Waals surface area (Å²) in [6.07, 6.45) is 0.603. The van der Waals surface area contributed by atoms with Crippen molar-refractivity contribution < 1.29 is 48.1 Å². The Kier molecular flexibility index (Phi) is 6.69. The maximum Gasteiger partial charge on any atom is 1.00 e. The van der Waals surface area contributed by atoms with E-state index in [1.807, 2.05) is 0 Å². The van der Waals surface area contributed by atoms with E-state index in [4.69, 9.17) is 4.55 Å². The van der Waals surface area contributed by atoms with Crippen LogP contribution in [-0.2, 0) is 14.6 Å². The van der Waals surface area contributed by atoms with E-state index in [1.54, 1.807) is 0 Å². The average molecular weight is 220 g/mol. The van der Waals surface area contributed by atoms with Crippen molar-refractivity contribution in [1.82, 2.24) is 10.6 Å². The minimum absolute atomic E-state index is 0. The Morgan fingerprint density at radius 3 is 2.46 bits per heavy atom. The van der Waals surface area contributed by atoms with Gasteiger partial charge in [-0.25, -0.2) is 4.18 Å². The molecule has 0 atom stereocenters. The van der Waals surface area contributed by atoms with Crippen LogP contribution in [0.5, 0.6) is 0 Å². The molecule has 1 aliphatic heterocycles. The van der Waals surface area contributed by atoms with E-state index < -0.39 is 10.4 Å². The first-order chi connectivity index (χ1) is 5.58. The first kappa shape index (κ1) is 13.8. The molecule has 0 bridgehead atoms. The van der Waals surface area contributed by atoms with Crippen molar-refractivity contribution in [1.29, 1.82) is 0 Å². The zero-order chi connectivity index (χ0) is 9.03. The van der Waals surface area contributed by atoms with Crippen molar-refractivity contribution in [2.24, 2.45) is 0 Å². The van der Waals surface area contributed by atoms with Gasteiger partial charge in [0.1, 0.15) is 0 Å². The molecule has 6 nitrogen and oxygen atoms in total. The number of nitrogens with one attached hydrogen (secondary N) is 2. The molecule has 0 radical (unpaired) electrons. The molecule has 8 heteroatoms. The van der Waals surface area contributed by atoms with Crippen LogP contribution in [-0.4, -0.2) is 38.8 Å². The maximum absolute atomic E-state index is 10.1. The smallest absolute Gasteiger partial charge is 1.00 e. The Bertz CT molecular complexity index is 232. The summed E-state index contributed by atoms with van der Waals surface area (Å²) < 4.78 is 32.5. The van der Waals surface area contributed by atoms with Gasteiger partial charge in [0, 0.05) is 19.5 Å². The van der Waals surface area contributed by atoms with Crippen molar-refractivity contribution in [2.45, 2.75) is 12.6 Å². The maximum atomic E-state index is 10.1. The molecule has 1 heterocycles. The summed E-state index contributed by atoms with van der Waals surface area (Å²) in [6, 6.07) is 0. The van der Waals surface area contributed by atoms with Gasteiger partial charge in [-0.15, -0.1) is 0 Å². The van der Waals surface area contributed by atoms with Crippen molar-refractivity contribution in [3.05, 3.63) is 0 Å². The summed E-state index contributed by atoms with van der Waals surface area (Å²) in [7, 11) is -4.27. The quantitative estimate of drug-likeness (QED) is 0.329. The van der Waals surface area contributed by atoms with Crippen LogP contribution < -0.4 is 40.2 Å². The van der Waals surface area contributed by atoms with Gasteiger partial charge in [-0.2, -0.15) is 8.42 Å². The van der Waals surface area contributed by atoms with Crippen LogP contribution in [0.4, 0.5) is 0 Å². The minimum atomic E-state index is -4.27. The van der Waals surface area contributed by atoms with Gasteiger partial charge in [-0.1, -0.05) is 0 Å². The molecule has 1 aliphatic rings. The monoisotopic (exact) mass is 220 g/mol. The first-order valence-corrected chi connectivity index (χ1v) is 5.03. The second-order valence-corrected chi connectivity index (χ2v) is 3.59. The van der Waals surface area contributed by atoms with E-state index >= 15 is 0 Å². The van der Waals surface area contributed by atoms with Gasteiger partial charge in [0.2, 0.25) is 0 Å². The van der Waals surface area contributed by atoms with Crippen molar-refractivity contribution in [3.8, 4) is 0 Å². The van der Waals surface area contributed by atoms with Gasteiger partial charge < -0.3 is 12.1 Å². The molecule has 0 aliphatic carbocycles. The van der Waals surface area contributed by atoms with Gasteiger partial charge in [0.25, 0.3) is 0 Å². The molecule has 0 aromatic carbocycles. The Balaban J connectivity index is 0. The van der Waals surface area contributed by atoms with Crippen LogP contribution >= 0.6 is 0 Å². The first-order valence-electron chi connectivity index (χ1n) is 3.66. The van der Waals surface area contributed by atoms with E-state index in [0.29, 0.717) is 6.42 Å².